The second kappa shape index (κ2) is 60.9. The lowest BCUT2D eigenvalue weighted by atomic mass is 10.1. The molecular weight excluding hydrogens is 901 g/mol. The van der Waals surface area contributed by atoms with Crippen molar-refractivity contribution in [3.05, 3.63) is 97.2 Å². The molecule has 0 radical (unpaired) electrons. The van der Waals surface area contributed by atoms with Gasteiger partial charge in [0.1, 0.15) is 13.2 Å². The van der Waals surface area contributed by atoms with Crippen LogP contribution in [0.2, 0.25) is 0 Å². The van der Waals surface area contributed by atoms with Gasteiger partial charge in [0.2, 0.25) is 0 Å². The Morgan fingerprint density at radius 3 is 0.863 bits per heavy atom. The minimum Gasteiger partial charge on any atom is -0.462 e. The zero-order valence-corrected chi connectivity index (χ0v) is 47.9. The van der Waals surface area contributed by atoms with Crippen LogP contribution in [0.3, 0.4) is 0 Å². The fourth-order valence-corrected chi connectivity index (χ4v) is 8.48. The van der Waals surface area contributed by atoms with Gasteiger partial charge in [-0.15, -0.1) is 0 Å². The van der Waals surface area contributed by atoms with Gasteiger partial charge in [-0.1, -0.05) is 266 Å². The highest BCUT2D eigenvalue weighted by molar-refractivity contribution is 5.71. The lowest BCUT2D eigenvalue weighted by Gasteiger charge is -2.18. The molecule has 73 heavy (non-hydrogen) atoms. The van der Waals surface area contributed by atoms with E-state index in [4.69, 9.17) is 14.2 Å². The Balaban J connectivity index is 4.33. The lowest BCUT2D eigenvalue weighted by molar-refractivity contribution is -0.167. The summed E-state index contributed by atoms with van der Waals surface area (Å²) in [6.07, 6.45) is 81.1. The van der Waals surface area contributed by atoms with Crippen LogP contribution in [-0.4, -0.2) is 37.2 Å². The van der Waals surface area contributed by atoms with Crippen LogP contribution in [0.15, 0.2) is 97.2 Å². The van der Waals surface area contributed by atoms with Crippen molar-refractivity contribution in [2.24, 2.45) is 0 Å². The van der Waals surface area contributed by atoms with E-state index in [1.807, 2.05) is 0 Å². The van der Waals surface area contributed by atoms with Crippen LogP contribution in [0.25, 0.3) is 0 Å². The molecular formula is C67H114O6. The van der Waals surface area contributed by atoms with Crippen molar-refractivity contribution in [1.29, 1.82) is 0 Å². The average molecular weight is 1020 g/mol. The molecule has 418 valence electrons. The van der Waals surface area contributed by atoms with E-state index in [-0.39, 0.29) is 31.1 Å². The van der Waals surface area contributed by atoms with Crippen molar-refractivity contribution in [3.8, 4) is 0 Å². The number of hydrogen-bond acceptors (Lipinski definition) is 6. The molecule has 0 N–H and O–H groups in total. The number of ether oxygens (including phenoxy) is 3. The van der Waals surface area contributed by atoms with Gasteiger partial charge < -0.3 is 14.2 Å². The van der Waals surface area contributed by atoms with Crippen LogP contribution in [0, 0.1) is 0 Å². The molecule has 6 nitrogen and oxygen atoms in total. The number of unbranched alkanes of at least 4 members (excludes halogenated alkanes) is 28. The van der Waals surface area contributed by atoms with Crippen LogP contribution in [0.1, 0.15) is 290 Å². The SMILES string of the molecule is CC/C=C\C/C=C\C/C=C\C/C=C\C/C=C\CCCCCCCCCCCC(=O)OCC(COC(=O)CCCCCCCCCCCCC)OC(=O)CCCCCCCC/C=C\C/C=C\C/C=C\CCCCC. The van der Waals surface area contributed by atoms with Crippen molar-refractivity contribution >= 4 is 17.9 Å². The minimum atomic E-state index is -0.787. The normalized spacial score (nSPS) is 12.8. The highest BCUT2D eigenvalue weighted by Crippen LogP contribution is 2.15. The Bertz CT molecular complexity index is 1440. The number of rotatable bonds is 55. The number of esters is 3. The molecule has 0 heterocycles. The number of carbonyl (C=O) groups excluding carboxylic acids is 3. The van der Waals surface area contributed by atoms with Gasteiger partial charge in [0.15, 0.2) is 6.10 Å². The van der Waals surface area contributed by atoms with E-state index in [1.165, 1.54) is 128 Å². The molecule has 0 spiro atoms. The molecule has 0 saturated carbocycles. The number of allylic oxidation sites excluding steroid dienone is 16. The first-order chi connectivity index (χ1) is 36.0. The summed E-state index contributed by atoms with van der Waals surface area (Å²) in [6.45, 7) is 6.49. The Morgan fingerprint density at radius 2 is 0.534 bits per heavy atom. The van der Waals surface area contributed by atoms with Gasteiger partial charge in [-0.25, -0.2) is 0 Å². The van der Waals surface area contributed by atoms with Crippen molar-refractivity contribution < 1.29 is 28.6 Å². The summed E-state index contributed by atoms with van der Waals surface area (Å²) in [7, 11) is 0. The Kier molecular flexibility index (Phi) is 57.8. The molecule has 0 aromatic heterocycles. The van der Waals surface area contributed by atoms with Crippen LogP contribution < -0.4 is 0 Å². The van der Waals surface area contributed by atoms with Gasteiger partial charge in [0.05, 0.1) is 0 Å². The van der Waals surface area contributed by atoms with Crippen LogP contribution in [0.4, 0.5) is 0 Å². The summed E-state index contributed by atoms with van der Waals surface area (Å²) in [5, 5.41) is 0. The largest absolute Gasteiger partial charge is 0.462 e. The zero-order valence-electron chi connectivity index (χ0n) is 47.9. The molecule has 0 amide bonds. The molecule has 0 fully saturated rings. The predicted octanol–water partition coefficient (Wildman–Crippen LogP) is 20.9. The fourth-order valence-electron chi connectivity index (χ4n) is 8.48. The third-order valence-electron chi connectivity index (χ3n) is 13.1. The maximum Gasteiger partial charge on any atom is 0.306 e. The first-order valence-electron chi connectivity index (χ1n) is 30.7. The van der Waals surface area contributed by atoms with E-state index in [0.717, 1.165) is 122 Å². The van der Waals surface area contributed by atoms with Gasteiger partial charge in [0.25, 0.3) is 0 Å². The van der Waals surface area contributed by atoms with E-state index in [1.54, 1.807) is 0 Å². The Hall–Kier alpha value is -3.67. The quantitative estimate of drug-likeness (QED) is 0.0261. The minimum absolute atomic E-state index is 0.0828. The van der Waals surface area contributed by atoms with E-state index in [9.17, 15) is 14.4 Å². The first-order valence-corrected chi connectivity index (χ1v) is 30.7. The summed E-state index contributed by atoms with van der Waals surface area (Å²) >= 11 is 0. The molecule has 0 aliphatic rings. The summed E-state index contributed by atoms with van der Waals surface area (Å²) in [5.74, 6) is -0.895. The molecule has 0 aliphatic carbocycles. The van der Waals surface area contributed by atoms with Gasteiger partial charge in [-0.3, -0.25) is 14.4 Å². The Labute approximate surface area is 451 Å². The van der Waals surface area contributed by atoms with Crippen molar-refractivity contribution in [2.75, 3.05) is 13.2 Å². The van der Waals surface area contributed by atoms with Gasteiger partial charge >= 0.3 is 17.9 Å². The van der Waals surface area contributed by atoms with Crippen LogP contribution in [0.5, 0.6) is 0 Å². The summed E-state index contributed by atoms with van der Waals surface area (Å²) in [5.41, 5.74) is 0. The predicted molar refractivity (Wildman–Crippen MR) is 316 cm³/mol. The van der Waals surface area contributed by atoms with E-state index in [2.05, 4.69) is 118 Å². The standard InChI is InChI=1S/C67H114O6/c1-4-7-10-13-16-19-22-24-26-28-30-31-32-33-34-35-37-38-40-42-45-48-51-54-57-60-66(69)72-63-64(62-71-65(68)59-56-53-50-47-44-21-18-15-12-9-6-3)73-67(70)61-58-55-52-49-46-43-41-39-36-29-27-25-23-20-17-14-11-8-5-2/h7,10,16-17,19-20,24-27,30-31,33-34,36,39,64H,4-6,8-9,11-15,18,21-23,28-29,32,35,37-38,40-63H2,1-3H3/b10-7-,19-16-,20-17-,26-24-,27-25-,31-30-,34-33-,39-36-. The first kappa shape index (κ1) is 69.3. The maximum atomic E-state index is 12.9. The lowest BCUT2D eigenvalue weighted by Crippen LogP contribution is -2.30. The van der Waals surface area contributed by atoms with Crippen molar-refractivity contribution in [2.45, 2.75) is 297 Å². The Morgan fingerprint density at radius 1 is 0.288 bits per heavy atom. The second-order valence-electron chi connectivity index (χ2n) is 20.2. The van der Waals surface area contributed by atoms with E-state index in [0.29, 0.717) is 19.3 Å². The van der Waals surface area contributed by atoms with Crippen molar-refractivity contribution in [3.63, 3.8) is 0 Å². The van der Waals surface area contributed by atoms with Gasteiger partial charge in [0, 0.05) is 19.3 Å². The number of hydrogen-bond donors (Lipinski definition) is 0. The third kappa shape index (κ3) is 59.1. The van der Waals surface area contributed by atoms with Crippen LogP contribution >= 0.6 is 0 Å². The van der Waals surface area contributed by atoms with Gasteiger partial charge in [-0.05, 0) is 103 Å². The smallest absolute Gasteiger partial charge is 0.306 e. The molecule has 1 atom stereocenters. The summed E-state index contributed by atoms with van der Waals surface area (Å²) in [4.78, 5) is 38.2. The zero-order chi connectivity index (χ0) is 52.9. The molecule has 0 aromatic rings. The van der Waals surface area contributed by atoms with E-state index >= 15 is 0 Å². The highest BCUT2D eigenvalue weighted by atomic mass is 16.6. The molecule has 1 unspecified atom stereocenters. The molecule has 0 rings (SSSR count). The maximum absolute atomic E-state index is 12.9. The average Bonchev–Trinajstić information content (AvgIpc) is 3.39. The monoisotopic (exact) mass is 1010 g/mol. The number of carbonyl (C=O) groups is 3. The van der Waals surface area contributed by atoms with Crippen LogP contribution in [-0.2, 0) is 28.6 Å². The molecule has 0 aromatic carbocycles. The van der Waals surface area contributed by atoms with Gasteiger partial charge in [-0.2, -0.15) is 0 Å². The van der Waals surface area contributed by atoms with Crippen molar-refractivity contribution in [1.82, 2.24) is 0 Å². The molecule has 0 aliphatic heterocycles. The molecule has 0 saturated heterocycles. The molecule has 0 bridgehead atoms. The molecule has 6 heteroatoms. The summed E-state index contributed by atoms with van der Waals surface area (Å²) in [6, 6.07) is 0. The third-order valence-corrected chi connectivity index (χ3v) is 13.1. The van der Waals surface area contributed by atoms with E-state index < -0.39 is 6.10 Å². The summed E-state index contributed by atoms with van der Waals surface area (Å²) < 4.78 is 16.9. The topological polar surface area (TPSA) is 78.9 Å². The fraction of sp³-hybridized carbons (Fsp3) is 0.716. The second-order valence-corrected chi connectivity index (χ2v) is 20.2. The highest BCUT2D eigenvalue weighted by Gasteiger charge is 2.19.